The molecular formula is C11H17ClN2O2S. The van der Waals surface area contributed by atoms with E-state index < -0.39 is 10.0 Å². The number of hydrogen-bond donors (Lipinski definition) is 1. The molecule has 0 radical (unpaired) electrons. The molecule has 0 fully saturated rings. The van der Waals surface area contributed by atoms with Gasteiger partial charge in [-0.05, 0) is 24.6 Å². The Labute approximate surface area is 107 Å². The summed E-state index contributed by atoms with van der Waals surface area (Å²) in [6.45, 7) is 4.60. The quantitative estimate of drug-likeness (QED) is 0.889. The zero-order valence-electron chi connectivity index (χ0n) is 9.98. The predicted molar refractivity (Wildman–Crippen MR) is 69.7 cm³/mol. The molecule has 0 amide bonds. The van der Waals surface area contributed by atoms with E-state index in [-0.39, 0.29) is 16.5 Å². The maximum atomic E-state index is 12.3. The van der Waals surface area contributed by atoms with Crippen LogP contribution in [0.2, 0.25) is 5.02 Å². The van der Waals surface area contributed by atoms with Gasteiger partial charge in [-0.15, -0.1) is 0 Å². The van der Waals surface area contributed by atoms with Crippen LogP contribution in [0.4, 0.5) is 0 Å². The van der Waals surface area contributed by atoms with Gasteiger partial charge in [0.15, 0.2) is 0 Å². The van der Waals surface area contributed by atoms with E-state index >= 15 is 0 Å². The fourth-order valence-electron chi connectivity index (χ4n) is 1.55. The van der Waals surface area contributed by atoms with Crippen LogP contribution in [0.15, 0.2) is 23.1 Å². The lowest BCUT2D eigenvalue weighted by atomic mass is 10.2. The average molecular weight is 277 g/mol. The molecule has 0 saturated heterocycles. The SMILES string of the molecule is CCN(CCN)S(=O)(=O)c1ccc(C)cc1Cl. The van der Waals surface area contributed by atoms with E-state index in [2.05, 4.69) is 0 Å². The monoisotopic (exact) mass is 276 g/mol. The Balaban J connectivity index is 3.20. The maximum Gasteiger partial charge on any atom is 0.244 e. The molecule has 17 heavy (non-hydrogen) atoms. The van der Waals surface area contributed by atoms with Gasteiger partial charge < -0.3 is 5.73 Å². The van der Waals surface area contributed by atoms with Crippen LogP contribution in [0.1, 0.15) is 12.5 Å². The van der Waals surface area contributed by atoms with Crippen LogP contribution in [0.25, 0.3) is 0 Å². The molecule has 1 aromatic rings. The first-order valence-electron chi connectivity index (χ1n) is 5.39. The molecule has 0 aromatic heterocycles. The molecule has 0 unspecified atom stereocenters. The minimum Gasteiger partial charge on any atom is -0.329 e. The highest BCUT2D eigenvalue weighted by Gasteiger charge is 2.24. The van der Waals surface area contributed by atoms with E-state index in [1.165, 1.54) is 10.4 Å². The molecule has 0 aliphatic heterocycles. The summed E-state index contributed by atoms with van der Waals surface area (Å²) in [4.78, 5) is 0.139. The van der Waals surface area contributed by atoms with Crippen LogP contribution in [0.5, 0.6) is 0 Å². The second-order valence-corrected chi connectivity index (χ2v) is 6.03. The Morgan fingerprint density at radius 2 is 2.06 bits per heavy atom. The molecule has 96 valence electrons. The second-order valence-electron chi connectivity index (χ2n) is 3.72. The molecule has 0 saturated carbocycles. The third-order valence-corrected chi connectivity index (χ3v) is 4.89. The highest BCUT2D eigenvalue weighted by Crippen LogP contribution is 2.25. The second kappa shape index (κ2) is 5.82. The lowest BCUT2D eigenvalue weighted by molar-refractivity contribution is 0.435. The van der Waals surface area contributed by atoms with E-state index in [9.17, 15) is 8.42 Å². The number of nitrogens with two attached hydrogens (primary N) is 1. The van der Waals surface area contributed by atoms with Gasteiger partial charge in [0.25, 0.3) is 0 Å². The van der Waals surface area contributed by atoms with Gasteiger partial charge in [-0.2, -0.15) is 4.31 Å². The van der Waals surface area contributed by atoms with Crippen molar-refractivity contribution in [3.05, 3.63) is 28.8 Å². The van der Waals surface area contributed by atoms with Crippen molar-refractivity contribution < 1.29 is 8.42 Å². The Hall–Kier alpha value is -0.620. The maximum absolute atomic E-state index is 12.3. The fourth-order valence-corrected chi connectivity index (χ4v) is 3.58. The summed E-state index contributed by atoms with van der Waals surface area (Å²) in [6, 6.07) is 4.91. The Kier molecular flexibility index (Phi) is 4.94. The number of halogens is 1. The van der Waals surface area contributed by atoms with E-state index in [0.717, 1.165) is 5.56 Å². The first kappa shape index (κ1) is 14.4. The number of likely N-dealkylation sites (N-methyl/N-ethyl adjacent to an activating group) is 1. The molecule has 0 aliphatic carbocycles. The van der Waals surface area contributed by atoms with Gasteiger partial charge in [0.1, 0.15) is 4.90 Å². The summed E-state index contributed by atoms with van der Waals surface area (Å²) < 4.78 is 25.9. The average Bonchev–Trinajstić information content (AvgIpc) is 2.24. The fraction of sp³-hybridized carbons (Fsp3) is 0.455. The molecule has 4 nitrogen and oxygen atoms in total. The number of aryl methyl sites for hydroxylation is 1. The molecule has 0 atom stereocenters. The predicted octanol–water partition coefficient (Wildman–Crippen LogP) is 1.62. The smallest absolute Gasteiger partial charge is 0.244 e. The van der Waals surface area contributed by atoms with Gasteiger partial charge >= 0.3 is 0 Å². The van der Waals surface area contributed by atoms with Crippen LogP contribution in [-0.2, 0) is 10.0 Å². The number of nitrogens with zero attached hydrogens (tertiary/aromatic N) is 1. The topological polar surface area (TPSA) is 63.4 Å². The van der Waals surface area contributed by atoms with Gasteiger partial charge in [0.2, 0.25) is 10.0 Å². The minimum absolute atomic E-state index is 0.139. The lowest BCUT2D eigenvalue weighted by Gasteiger charge is -2.20. The number of hydrogen-bond acceptors (Lipinski definition) is 3. The third kappa shape index (κ3) is 3.19. The normalized spacial score (nSPS) is 12.1. The number of benzene rings is 1. The van der Waals surface area contributed by atoms with Gasteiger partial charge in [0, 0.05) is 19.6 Å². The van der Waals surface area contributed by atoms with E-state index in [1.807, 2.05) is 6.92 Å². The van der Waals surface area contributed by atoms with Crippen molar-refractivity contribution in [1.82, 2.24) is 4.31 Å². The molecule has 0 heterocycles. The summed E-state index contributed by atoms with van der Waals surface area (Å²) >= 11 is 5.98. The van der Waals surface area contributed by atoms with Crippen molar-refractivity contribution in [1.29, 1.82) is 0 Å². The van der Waals surface area contributed by atoms with Gasteiger partial charge in [-0.3, -0.25) is 0 Å². The number of rotatable bonds is 5. The summed E-state index contributed by atoms with van der Waals surface area (Å²) in [5.41, 5.74) is 6.33. The summed E-state index contributed by atoms with van der Waals surface area (Å²) in [7, 11) is -3.54. The highest BCUT2D eigenvalue weighted by molar-refractivity contribution is 7.89. The third-order valence-electron chi connectivity index (χ3n) is 2.44. The molecule has 1 rings (SSSR count). The van der Waals surface area contributed by atoms with Gasteiger partial charge in [-0.25, -0.2) is 8.42 Å². The van der Waals surface area contributed by atoms with E-state index in [0.29, 0.717) is 13.1 Å². The van der Waals surface area contributed by atoms with E-state index in [1.54, 1.807) is 19.1 Å². The molecule has 1 aromatic carbocycles. The van der Waals surface area contributed by atoms with E-state index in [4.69, 9.17) is 17.3 Å². The van der Waals surface area contributed by atoms with Gasteiger partial charge in [-0.1, -0.05) is 24.6 Å². The lowest BCUT2D eigenvalue weighted by Crippen LogP contribution is -2.35. The van der Waals surface area contributed by atoms with Crippen molar-refractivity contribution in [3.8, 4) is 0 Å². The van der Waals surface area contributed by atoms with Crippen LogP contribution in [0.3, 0.4) is 0 Å². The summed E-state index contributed by atoms with van der Waals surface area (Å²) in [6.07, 6.45) is 0. The van der Waals surface area contributed by atoms with Crippen molar-refractivity contribution in [3.63, 3.8) is 0 Å². The Morgan fingerprint density at radius 3 is 2.53 bits per heavy atom. The molecule has 0 aliphatic rings. The molecule has 0 bridgehead atoms. The number of sulfonamides is 1. The zero-order valence-corrected chi connectivity index (χ0v) is 11.6. The standard InChI is InChI=1S/C11H17ClN2O2S/c1-3-14(7-6-13)17(15,16)11-5-4-9(2)8-10(11)12/h4-5,8H,3,6-7,13H2,1-2H3. The Morgan fingerprint density at radius 1 is 1.41 bits per heavy atom. The highest BCUT2D eigenvalue weighted by atomic mass is 35.5. The van der Waals surface area contributed by atoms with Crippen LogP contribution < -0.4 is 5.73 Å². The Bertz CT molecular complexity index is 488. The molecule has 6 heteroatoms. The van der Waals surface area contributed by atoms with Gasteiger partial charge in [0.05, 0.1) is 5.02 Å². The van der Waals surface area contributed by atoms with Crippen molar-refractivity contribution in [2.75, 3.05) is 19.6 Å². The zero-order chi connectivity index (χ0) is 13.1. The van der Waals surface area contributed by atoms with Crippen LogP contribution >= 0.6 is 11.6 Å². The first-order valence-corrected chi connectivity index (χ1v) is 7.21. The minimum atomic E-state index is -3.54. The molecular weight excluding hydrogens is 260 g/mol. The van der Waals surface area contributed by atoms with Crippen molar-refractivity contribution in [2.45, 2.75) is 18.7 Å². The molecule has 2 N–H and O–H groups in total. The molecule has 0 spiro atoms. The summed E-state index contributed by atoms with van der Waals surface area (Å²) in [5.74, 6) is 0. The van der Waals surface area contributed by atoms with Crippen molar-refractivity contribution in [2.24, 2.45) is 5.73 Å². The largest absolute Gasteiger partial charge is 0.329 e. The summed E-state index contributed by atoms with van der Waals surface area (Å²) in [5, 5.41) is 0.250. The first-order chi connectivity index (χ1) is 7.93. The van der Waals surface area contributed by atoms with Crippen LogP contribution in [-0.4, -0.2) is 32.4 Å². The van der Waals surface area contributed by atoms with Crippen LogP contribution in [0, 0.1) is 6.92 Å². The van der Waals surface area contributed by atoms with Crippen molar-refractivity contribution >= 4 is 21.6 Å².